The van der Waals surface area contributed by atoms with Gasteiger partial charge in [-0.25, -0.2) is 0 Å². The quantitative estimate of drug-likeness (QED) is 0.473. The highest BCUT2D eigenvalue weighted by molar-refractivity contribution is 5.77. The molecule has 4 rings (SSSR count). The summed E-state index contributed by atoms with van der Waals surface area (Å²) in [6.45, 7) is 2.19. The fraction of sp³-hybridized carbons (Fsp3) is 0.250. The van der Waals surface area contributed by atoms with Gasteiger partial charge in [0.1, 0.15) is 5.75 Å². The Balaban J connectivity index is 1.61. The lowest BCUT2D eigenvalue weighted by molar-refractivity contribution is -0.274. The summed E-state index contributed by atoms with van der Waals surface area (Å²) in [5, 5.41) is 0. The zero-order valence-corrected chi connectivity index (χ0v) is 15.6. The molecular formula is C24H21F3O. The molecule has 0 aromatic heterocycles. The first-order valence-electron chi connectivity index (χ1n) is 9.54. The van der Waals surface area contributed by atoms with E-state index in [9.17, 15) is 13.2 Å². The van der Waals surface area contributed by atoms with Crippen molar-refractivity contribution in [1.82, 2.24) is 0 Å². The van der Waals surface area contributed by atoms with E-state index in [2.05, 4.69) is 42.0 Å². The van der Waals surface area contributed by atoms with E-state index in [1.807, 2.05) is 6.07 Å². The van der Waals surface area contributed by atoms with E-state index in [-0.39, 0.29) is 5.75 Å². The Bertz CT molecular complexity index is 988. The lowest BCUT2D eigenvalue weighted by Crippen LogP contribution is -2.16. The van der Waals surface area contributed by atoms with E-state index >= 15 is 0 Å². The minimum absolute atomic E-state index is 0.203. The van der Waals surface area contributed by atoms with E-state index in [1.54, 1.807) is 12.1 Å². The molecular weight excluding hydrogens is 361 g/mol. The minimum Gasteiger partial charge on any atom is -0.406 e. The van der Waals surface area contributed by atoms with Crippen molar-refractivity contribution in [1.29, 1.82) is 0 Å². The molecule has 0 amide bonds. The van der Waals surface area contributed by atoms with E-state index in [1.165, 1.54) is 39.9 Å². The van der Waals surface area contributed by atoms with Gasteiger partial charge in [-0.3, -0.25) is 0 Å². The van der Waals surface area contributed by atoms with Gasteiger partial charge < -0.3 is 4.74 Å². The van der Waals surface area contributed by atoms with Gasteiger partial charge in [-0.2, -0.15) is 0 Å². The van der Waals surface area contributed by atoms with Crippen molar-refractivity contribution >= 4 is 0 Å². The van der Waals surface area contributed by atoms with Crippen LogP contribution in [-0.2, 0) is 19.3 Å². The zero-order chi connectivity index (χ0) is 19.7. The second-order valence-corrected chi connectivity index (χ2v) is 7.19. The predicted octanol–water partition coefficient (Wildman–Crippen LogP) is 6.97. The lowest BCUT2D eigenvalue weighted by atomic mass is 9.83. The van der Waals surface area contributed by atoms with Crippen LogP contribution in [0.5, 0.6) is 5.75 Å². The van der Waals surface area contributed by atoms with Crippen molar-refractivity contribution in [3.63, 3.8) is 0 Å². The highest BCUT2D eigenvalue weighted by Gasteiger charge is 2.31. The van der Waals surface area contributed by atoms with Crippen molar-refractivity contribution in [2.45, 2.75) is 39.0 Å². The fourth-order valence-corrected chi connectivity index (χ4v) is 3.92. The third kappa shape index (κ3) is 3.91. The summed E-state index contributed by atoms with van der Waals surface area (Å²) in [7, 11) is 0. The molecule has 0 aliphatic heterocycles. The molecule has 0 N–H and O–H groups in total. The van der Waals surface area contributed by atoms with Crippen LogP contribution in [0.4, 0.5) is 13.2 Å². The molecule has 3 aromatic rings. The third-order valence-corrected chi connectivity index (χ3v) is 5.19. The summed E-state index contributed by atoms with van der Waals surface area (Å²) in [6, 6.07) is 19.1. The monoisotopic (exact) mass is 382 g/mol. The van der Waals surface area contributed by atoms with Gasteiger partial charge in [0.2, 0.25) is 0 Å². The maximum absolute atomic E-state index is 12.3. The number of benzene rings is 3. The second kappa shape index (κ2) is 7.34. The van der Waals surface area contributed by atoms with Gasteiger partial charge in [-0.05, 0) is 70.3 Å². The summed E-state index contributed by atoms with van der Waals surface area (Å²) >= 11 is 0. The number of hydrogen-bond acceptors (Lipinski definition) is 1. The van der Waals surface area contributed by atoms with Crippen LogP contribution in [-0.4, -0.2) is 6.36 Å². The van der Waals surface area contributed by atoms with Crippen LogP contribution in [0.2, 0.25) is 0 Å². The molecule has 1 aliphatic carbocycles. The van der Waals surface area contributed by atoms with Crippen molar-refractivity contribution in [3.8, 4) is 28.0 Å². The molecule has 0 saturated carbocycles. The first-order chi connectivity index (χ1) is 13.4. The minimum atomic E-state index is -4.67. The lowest BCUT2D eigenvalue weighted by Gasteiger charge is -2.21. The van der Waals surface area contributed by atoms with Crippen molar-refractivity contribution in [2.24, 2.45) is 0 Å². The number of alkyl halides is 3. The van der Waals surface area contributed by atoms with Crippen LogP contribution in [0.3, 0.4) is 0 Å². The van der Waals surface area contributed by atoms with Crippen LogP contribution >= 0.6 is 0 Å². The maximum Gasteiger partial charge on any atom is 0.573 e. The van der Waals surface area contributed by atoms with Gasteiger partial charge in [0.05, 0.1) is 0 Å². The maximum atomic E-state index is 12.3. The van der Waals surface area contributed by atoms with E-state index in [0.29, 0.717) is 0 Å². The highest BCUT2D eigenvalue weighted by atomic mass is 19.4. The summed E-state index contributed by atoms with van der Waals surface area (Å²) in [6.07, 6.45) is -0.431. The van der Waals surface area contributed by atoms with Crippen LogP contribution in [0.25, 0.3) is 22.3 Å². The summed E-state index contributed by atoms with van der Waals surface area (Å²) in [5.74, 6) is -0.203. The summed E-state index contributed by atoms with van der Waals surface area (Å²) < 4.78 is 40.9. The molecule has 0 fully saturated rings. The Morgan fingerprint density at radius 1 is 0.786 bits per heavy atom. The van der Waals surface area contributed by atoms with Crippen LogP contribution in [0.1, 0.15) is 30.0 Å². The number of halogens is 3. The number of hydrogen-bond donors (Lipinski definition) is 0. The molecule has 1 aliphatic rings. The Kier molecular flexibility index (Phi) is 4.88. The van der Waals surface area contributed by atoms with Gasteiger partial charge in [-0.15, -0.1) is 13.2 Å². The molecule has 0 unspecified atom stereocenters. The number of fused-ring (bicyclic) bond motifs is 3. The Labute approximate surface area is 162 Å². The van der Waals surface area contributed by atoms with Crippen molar-refractivity contribution in [2.75, 3.05) is 0 Å². The number of aryl methyl sites for hydroxylation is 3. The molecule has 0 bridgehead atoms. The molecule has 3 aromatic carbocycles. The topological polar surface area (TPSA) is 9.23 Å². The molecule has 0 heterocycles. The average molecular weight is 382 g/mol. The molecule has 0 spiro atoms. The van der Waals surface area contributed by atoms with Crippen molar-refractivity contribution in [3.05, 3.63) is 77.4 Å². The first kappa shape index (κ1) is 18.6. The smallest absolute Gasteiger partial charge is 0.406 e. The molecule has 144 valence electrons. The molecule has 0 saturated heterocycles. The van der Waals surface area contributed by atoms with E-state index in [4.69, 9.17) is 0 Å². The predicted molar refractivity (Wildman–Crippen MR) is 105 cm³/mol. The zero-order valence-electron chi connectivity index (χ0n) is 15.6. The molecule has 0 radical (unpaired) electrons. The largest absolute Gasteiger partial charge is 0.573 e. The fourth-order valence-electron chi connectivity index (χ4n) is 3.92. The standard InChI is InChI=1S/C24H21F3O/c1-2-3-16-4-12-22-19(14-16)5-6-20-15-18(9-13-23(20)22)17-7-10-21(11-8-17)28-24(25,26)27/h4,7-15H,2-3,5-6H2,1H3. The third-order valence-electron chi connectivity index (χ3n) is 5.19. The van der Waals surface area contributed by atoms with Gasteiger partial charge in [0, 0.05) is 0 Å². The second-order valence-electron chi connectivity index (χ2n) is 7.19. The SMILES string of the molecule is CCCc1ccc2c(c1)CCc1cc(-c3ccc(OC(F)(F)F)cc3)ccc1-2. The van der Waals surface area contributed by atoms with E-state index in [0.717, 1.165) is 36.8 Å². The Morgan fingerprint density at radius 2 is 1.39 bits per heavy atom. The van der Waals surface area contributed by atoms with Gasteiger partial charge in [0.25, 0.3) is 0 Å². The van der Waals surface area contributed by atoms with Crippen LogP contribution in [0, 0.1) is 0 Å². The number of rotatable bonds is 4. The van der Waals surface area contributed by atoms with Gasteiger partial charge in [-0.1, -0.05) is 61.9 Å². The van der Waals surface area contributed by atoms with Crippen LogP contribution in [0.15, 0.2) is 60.7 Å². The molecule has 4 heteroatoms. The van der Waals surface area contributed by atoms with Gasteiger partial charge in [0.15, 0.2) is 0 Å². The molecule has 1 nitrogen and oxygen atoms in total. The Hall–Kier alpha value is -2.75. The molecule has 28 heavy (non-hydrogen) atoms. The average Bonchev–Trinajstić information content (AvgIpc) is 2.67. The van der Waals surface area contributed by atoms with E-state index < -0.39 is 6.36 Å². The molecule has 0 atom stereocenters. The van der Waals surface area contributed by atoms with Crippen molar-refractivity contribution < 1.29 is 17.9 Å². The first-order valence-corrected chi connectivity index (χ1v) is 9.54. The van der Waals surface area contributed by atoms with Gasteiger partial charge >= 0.3 is 6.36 Å². The summed E-state index contributed by atoms with van der Waals surface area (Å²) in [4.78, 5) is 0. The Morgan fingerprint density at radius 3 is 2.04 bits per heavy atom. The summed E-state index contributed by atoms with van der Waals surface area (Å²) in [5.41, 5.74) is 8.50. The normalized spacial score (nSPS) is 13.0. The number of ether oxygens (including phenoxy) is 1. The highest BCUT2D eigenvalue weighted by Crippen LogP contribution is 2.37. The van der Waals surface area contributed by atoms with Crippen LogP contribution < -0.4 is 4.74 Å².